The third kappa shape index (κ3) is 2.30. The molecule has 1 heterocycles. The molecule has 3 heteroatoms. The molecule has 0 bridgehead atoms. The second-order valence-corrected chi connectivity index (χ2v) is 4.76. The Bertz CT molecular complexity index is 717. The predicted molar refractivity (Wildman–Crippen MR) is 78.2 cm³/mol. The molecule has 3 rings (SSSR count). The van der Waals surface area contributed by atoms with E-state index < -0.39 is 0 Å². The number of imidazole rings is 1. The molecular weight excluding hydrogens is 248 g/mol. The van der Waals surface area contributed by atoms with Crippen LogP contribution in [0.3, 0.4) is 0 Å². The van der Waals surface area contributed by atoms with Gasteiger partial charge in [0.15, 0.2) is 0 Å². The van der Waals surface area contributed by atoms with Crippen LogP contribution in [0.15, 0.2) is 67.0 Å². The van der Waals surface area contributed by atoms with Crippen molar-refractivity contribution in [2.24, 2.45) is 7.05 Å². The van der Waals surface area contributed by atoms with Crippen LogP contribution in [0, 0.1) is 6.92 Å². The lowest BCUT2D eigenvalue weighted by Crippen LogP contribution is -2.27. The molecule has 0 atom stereocenters. The lowest BCUT2D eigenvalue weighted by atomic mass is 10.2. The second kappa shape index (κ2) is 5.21. The molecule has 0 aliphatic carbocycles. The van der Waals surface area contributed by atoms with Crippen LogP contribution in [-0.2, 0) is 7.05 Å². The minimum Gasteiger partial charge on any atom is -0.391 e. The Labute approximate surface area is 118 Å². The lowest BCUT2D eigenvalue weighted by Gasteiger charge is -2.06. The fraction of sp³-hybridized carbons (Fsp3) is 0.118. The topological polar surface area (TPSA) is 18.0 Å². The van der Waals surface area contributed by atoms with Crippen molar-refractivity contribution in [1.82, 2.24) is 4.57 Å². The second-order valence-electron chi connectivity index (χ2n) is 4.76. The minimum atomic E-state index is 0.783. The van der Waals surface area contributed by atoms with Crippen molar-refractivity contribution < 1.29 is 9.30 Å². The number of nitrogens with zero attached hydrogens (tertiary/aromatic N) is 2. The number of hydrogen-bond donors (Lipinski definition) is 0. The zero-order valence-corrected chi connectivity index (χ0v) is 11.7. The van der Waals surface area contributed by atoms with Crippen LogP contribution in [0.4, 0.5) is 0 Å². The maximum Gasteiger partial charge on any atom is 0.466 e. The van der Waals surface area contributed by atoms with Crippen molar-refractivity contribution in [3.8, 4) is 17.4 Å². The summed E-state index contributed by atoms with van der Waals surface area (Å²) < 4.78 is 10.1. The van der Waals surface area contributed by atoms with Gasteiger partial charge in [-0.05, 0) is 30.7 Å². The molecule has 0 unspecified atom stereocenters. The predicted octanol–water partition coefficient (Wildman–Crippen LogP) is 3.40. The standard InChI is InChI=1S/C17H17N2O/c1-14-8-6-7-11-16(14)20-17-18(2)12-13-19(17)15-9-4-3-5-10-15/h3-13H,1-2H3/q+1. The van der Waals surface area contributed by atoms with Gasteiger partial charge >= 0.3 is 6.01 Å². The number of rotatable bonds is 3. The first kappa shape index (κ1) is 12.5. The molecule has 0 aliphatic rings. The van der Waals surface area contributed by atoms with Crippen molar-refractivity contribution in [2.45, 2.75) is 6.92 Å². The van der Waals surface area contributed by atoms with Crippen molar-refractivity contribution in [3.63, 3.8) is 0 Å². The summed E-state index contributed by atoms with van der Waals surface area (Å²) >= 11 is 0. The van der Waals surface area contributed by atoms with Gasteiger partial charge in [-0.1, -0.05) is 36.4 Å². The molecule has 0 radical (unpaired) electrons. The molecular formula is C17H17N2O+. The first-order valence-corrected chi connectivity index (χ1v) is 6.61. The molecule has 20 heavy (non-hydrogen) atoms. The van der Waals surface area contributed by atoms with Crippen LogP contribution < -0.4 is 9.30 Å². The fourth-order valence-corrected chi connectivity index (χ4v) is 2.14. The van der Waals surface area contributed by atoms with E-state index in [1.807, 2.05) is 78.0 Å². The summed E-state index contributed by atoms with van der Waals surface area (Å²) in [5.41, 5.74) is 2.20. The molecule has 0 aliphatic heterocycles. The van der Waals surface area contributed by atoms with Gasteiger partial charge < -0.3 is 4.74 Å². The van der Waals surface area contributed by atoms with E-state index in [0.29, 0.717) is 0 Å². The van der Waals surface area contributed by atoms with E-state index in [0.717, 1.165) is 23.0 Å². The Balaban J connectivity index is 2.03. The SMILES string of the molecule is Cc1ccccc1Oc1n(-c2ccccc2)cc[n+]1C. The largest absolute Gasteiger partial charge is 0.466 e. The molecule has 3 nitrogen and oxygen atoms in total. The summed E-state index contributed by atoms with van der Waals surface area (Å²) in [6.45, 7) is 2.05. The van der Waals surface area contributed by atoms with Gasteiger partial charge in [0.05, 0.1) is 7.05 Å². The third-order valence-corrected chi connectivity index (χ3v) is 3.28. The number of ether oxygens (including phenoxy) is 1. The zero-order valence-electron chi connectivity index (χ0n) is 11.7. The van der Waals surface area contributed by atoms with Crippen LogP contribution >= 0.6 is 0 Å². The molecule has 2 aromatic carbocycles. The smallest absolute Gasteiger partial charge is 0.391 e. The number of hydrogen-bond acceptors (Lipinski definition) is 1. The van der Waals surface area contributed by atoms with E-state index in [-0.39, 0.29) is 0 Å². The average molecular weight is 265 g/mol. The summed E-state index contributed by atoms with van der Waals surface area (Å²) in [5, 5.41) is 0. The van der Waals surface area contributed by atoms with Gasteiger partial charge in [0.2, 0.25) is 0 Å². The average Bonchev–Trinajstić information content (AvgIpc) is 2.84. The molecule has 0 amide bonds. The Morgan fingerprint density at radius 1 is 0.950 bits per heavy atom. The monoisotopic (exact) mass is 265 g/mol. The fourth-order valence-electron chi connectivity index (χ4n) is 2.14. The molecule has 0 saturated carbocycles. The molecule has 0 saturated heterocycles. The highest BCUT2D eigenvalue weighted by Crippen LogP contribution is 2.24. The number of para-hydroxylation sites is 2. The quantitative estimate of drug-likeness (QED) is 0.664. The van der Waals surface area contributed by atoms with E-state index in [4.69, 9.17) is 4.74 Å². The molecule has 100 valence electrons. The third-order valence-electron chi connectivity index (χ3n) is 3.28. The highest BCUT2D eigenvalue weighted by Gasteiger charge is 2.19. The van der Waals surface area contributed by atoms with Crippen molar-refractivity contribution >= 4 is 0 Å². The Morgan fingerprint density at radius 3 is 2.40 bits per heavy atom. The molecule has 0 N–H and O–H groups in total. The van der Waals surface area contributed by atoms with Crippen LogP contribution in [0.5, 0.6) is 11.8 Å². The molecule has 0 spiro atoms. The molecule has 3 aromatic rings. The van der Waals surface area contributed by atoms with E-state index in [9.17, 15) is 0 Å². The van der Waals surface area contributed by atoms with Crippen LogP contribution in [0.2, 0.25) is 0 Å². The maximum absolute atomic E-state index is 6.09. The van der Waals surface area contributed by atoms with Gasteiger partial charge in [-0.15, -0.1) is 0 Å². The number of benzene rings is 2. The molecule has 0 fully saturated rings. The lowest BCUT2D eigenvalue weighted by molar-refractivity contribution is -0.675. The van der Waals surface area contributed by atoms with Gasteiger partial charge in [0.1, 0.15) is 23.8 Å². The Hall–Kier alpha value is -2.55. The van der Waals surface area contributed by atoms with Crippen LogP contribution in [-0.4, -0.2) is 4.57 Å². The van der Waals surface area contributed by atoms with Gasteiger partial charge in [-0.3, -0.25) is 0 Å². The van der Waals surface area contributed by atoms with E-state index in [1.165, 1.54) is 0 Å². The Morgan fingerprint density at radius 2 is 1.65 bits per heavy atom. The first-order valence-electron chi connectivity index (χ1n) is 6.61. The van der Waals surface area contributed by atoms with Crippen LogP contribution in [0.1, 0.15) is 5.56 Å². The van der Waals surface area contributed by atoms with Gasteiger partial charge in [0.25, 0.3) is 0 Å². The molecule has 1 aromatic heterocycles. The van der Waals surface area contributed by atoms with Crippen LogP contribution in [0.25, 0.3) is 5.69 Å². The summed E-state index contributed by atoms with van der Waals surface area (Å²) in [6, 6.07) is 19.0. The van der Waals surface area contributed by atoms with E-state index in [2.05, 4.69) is 12.1 Å². The highest BCUT2D eigenvalue weighted by atomic mass is 16.5. The van der Waals surface area contributed by atoms with Crippen molar-refractivity contribution in [3.05, 3.63) is 72.6 Å². The first-order chi connectivity index (χ1) is 9.75. The highest BCUT2D eigenvalue weighted by molar-refractivity contribution is 5.36. The maximum atomic E-state index is 6.09. The number of aryl methyl sites for hydroxylation is 2. The number of aromatic nitrogens is 2. The Kier molecular flexibility index (Phi) is 3.25. The van der Waals surface area contributed by atoms with Gasteiger partial charge in [-0.25, -0.2) is 0 Å². The van der Waals surface area contributed by atoms with Crippen molar-refractivity contribution in [1.29, 1.82) is 0 Å². The van der Waals surface area contributed by atoms with Gasteiger partial charge in [0, 0.05) is 0 Å². The van der Waals surface area contributed by atoms with E-state index >= 15 is 0 Å². The normalized spacial score (nSPS) is 10.5. The minimum absolute atomic E-state index is 0.783. The summed E-state index contributed by atoms with van der Waals surface area (Å²) in [5.74, 6) is 0.874. The van der Waals surface area contributed by atoms with Crippen molar-refractivity contribution in [2.75, 3.05) is 0 Å². The van der Waals surface area contributed by atoms with E-state index in [1.54, 1.807) is 0 Å². The van der Waals surface area contributed by atoms with Gasteiger partial charge in [-0.2, -0.15) is 9.13 Å². The summed E-state index contributed by atoms with van der Waals surface area (Å²) in [7, 11) is 1.98. The summed E-state index contributed by atoms with van der Waals surface area (Å²) in [6.07, 6.45) is 3.99. The zero-order chi connectivity index (χ0) is 13.9. The summed E-state index contributed by atoms with van der Waals surface area (Å²) in [4.78, 5) is 0.